The molecule has 1 aromatic carbocycles. The minimum atomic E-state index is -3.46. The van der Waals surface area contributed by atoms with Crippen molar-refractivity contribution in [2.45, 2.75) is 18.2 Å². The molecule has 0 spiro atoms. The molecule has 0 unspecified atom stereocenters. The number of benzene rings is 1. The van der Waals surface area contributed by atoms with Crippen molar-refractivity contribution >= 4 is 38.9 Å². The van der Waals surface area contributed by atoms with Crippen LogP contribution < -0.4 is 15.5 Å². The number of hydrogen-bond donors (Lipinski definition) is 3. The Bertz CT molecular complexity index is 696. The Balaban J connectivity index is 2.03. The average Bonchev–Trinajstić information content (AvgIpc) is 2.55. The minimum Gasteiger partial charge on any atom is -0.335 e. The smallest absolute Gasteiger partial charge is 0.243 e. The van der Waals surface area contributed by atoms with E-state index in [1.165, 1.54) is 9.21 Å². The maximum Gasteiger partial charge on any atom is 0.243 e. The molecule has 24 heavy (non-hydrogen) atoms. The van der Waals surface area contributed by atoms with Crippen molar-refractivity contribution in [1.82, 2.24) is 9.62 Å². The monoisotopic (exact) mass is 371 g/mol. The number of amides is 1. The SMILES string of the molecule is CCC(=O)NC(=S)Nc1ccc(S(=O)(=O)N2CC[NH+](C)CC2)cc1. The number of rotatable bonds is 4. The molecule has 9 heteroatoms. The number of piperazine rings is 1. The van der Waals surface area contributed by atoms with E-state index < -0.39 is 10.0 Å². The van der Waals surface area contributed by atoms with E-state index in [0.717, 1.165) is 13.1 Å². The van der Waals surface area contributed by atoms with E-state index in [-0.39, 0.29) is 15.9 Å². The predicted molar refractivity (Wildman–Crippen MR) is 96.5 cm³/mol. The molecule has 0 bridgehead atoms. The summed E-state index contributed by atoms with van der Waals surface area (Å²) in [6.07, 6.45) is 0.339. The Labute approximate surface area is 148 Å². The fourth-order valence-corrected chi connectivity index (χ4v) is 4.02. The van der Waals surface area contributed by atoms with Crippen LogP contribution in [0.25, 0.3) is 0 Å². The van der Waals surface area contributed by atoms with Crippen molar-refractivity contribution in [1.29, 1.82) is 0 Å². The highest BCUT2D eigenvalue weighted by atomic mass is 32.2. The van der Waals surface area contributed by atoms with Gasteiger partial charge in [0.1, 0.15) is 0 Å². The molecule has 0 aliphatic carbocycles. The maximum atomic E-state index is 12.6. The number of nitrogens with zero attached hydrogens (tertiary/aromatic N) is 1. The van der Waals surface area contributed by atoms with E-state index in [4.69, 9.17) is 12.2 Å². The summed E-state index contributed by atoms with van der Waals surface area (Å²) in [5, 5.41) is 5.58. The van der Waals surface area contributed by atoms with Crippen molar-refractivity contribution in [3.05, 3.63) is 24.3 Å². The summed E-state index contributed by atoms with van der Waals surface area (Å²) in [5.74, 6) is -0.177. The zero-order chi connectivity index (χ0) is 17.7. The average molecular weight is 372 g/mol. The van der Waals surface area contributed by atoms with Crippen LogP contribution in [0, 0.1) is 0 Å². The van der Waals surface area contributed by atoms with Gasteiger partial charge in [-0.2, -0.15) is 4.31 Å². The molecular weight excluding hydrogens is 348 g/mol. The maximum absolute atomic E-state index is 12.6. The van der Waals surface area contributed by atoms with Crippen LogP contribution >= 0.6 is 12.2 Å². The van der Waals surface area contributed by atoms with Gasteiger partial charge in [-0.3, -0.25) is 4.79 Å². The van der Waals surface area contributed by atoms with Gasteiger partial charge < -0.3 is 15.5 Å². The summed E-state index contributed by atoms with van der Waals surface area (Å²) in [6.45, 7) is 4.41. The first-order valence-corrected chi connectivity index (χ1v) is 9.70. The van der Waals surface area contributed by atoms with Crippen LogP contribution in [0.2, 0.25) is 0 Å². The summed E-state index contributed by atoms with van der Waals surface area (Å²) < 4.78 is 26.8. The summed E-state index contributed by atoms with van der Waals surface area (Å²) in [6, 6.07) is 6.37. The van der Waals surface area contributed by atoms with Crippen LogP contribution in [0.1, 0.15) is 13.3 Å². The van der Waals surface area contributed by atoms with E-state index >= 15 is 0 Å². The van der Waals surface area contributed by atoms with Gasteiger partial charge in [0.05, 0.1) is 38.1 Å². The zero-order valence-electron chi connectivity index (χ0n) is 13.8. The zero-order valence-corrected chi connectivity index (χ0v) is 15.5. The van der Waals surface area contributed by atoms with Crippen LogP contribution in [0.15, 0.2) is 29.2 Å². The number of thiocarbonyl (C=S) groups is 1. The Morgan fingerprint density at radius 2 is 1.83 bits per heavy atom. The van der Waals surface area contributed by atoms with Gasteiger partial charge in [-0.05, 0) is 36.5 Å². The van der Waals surface area contributed by atoms with E-state index in [1.54, 1.807) is 31.2 Å². The second-order valence-electron chi connectivity index (χ2n) is 5.74. The van der Waals surface area contributed by atoms with E-state index in [0.29, 0.717) is 25.2 Å². The Morgan fingerprint density at radius 3 is 2.38 bits per heavy atom. The first-order chi connectivity index (χ1) is 11.3. The minimum absolute atomic E-state index is 0.177. The van der Waals surface area contributed by atoms with Crippen LogP contribution in [0.5, 0.6) is 0 Å². The second kappa shape index (κ2) is 8.02. The molecule has 0 atom stereocenters. The molecule has 2 rings (SSSR count). The molecule has 1 fully saturated rings. The molecule has 7 nitrogen and oxygen atoms in total. The molecule has 1 aliphatic rings. The molecule has 0 radical (unpaired) electrons. The molecule has 1 amide bonds. The number of nitrogens with one attached hydrogen (secondary N) is 3. The number of quaternary nitrogens is 1. The van der Waals surface area contributed by atoms with Gasteiger partial charge in [0.2, 0.25) is 15.9 Å². The predicted octanol–water partition coefficient (Wildman–Crippen LogP) is -0.571. The summed E-state index contributed by atoms with van der Waals surface area (Å²) in [5.41, 5.74) is 0.623. The Morgan fingerprint density at radius 1 is 1.25 bits per heavy atom. The number of carbonyl (C=O) groups is 1. The number of anilines is 1. The first kappa shape index (κ1) is 18.8. The molecule has 0 aromatic heterocycles. The highest BCUT2D eigenvalue weighted by Crippen LogP contribution is 2.18. The largest absolute Gasteiger partial charge is 0.335 e. The van der Waals surface area contributed by atoms with E-state index in [2.05, 4.69) is 17.7 Å². The Kier molecular flexibility index (Phi) is 6.27. The molecule has 1 aliphatic heterocycles. The fraction of sp³-hybridized carbons (Fsp3) is 0.467. The molecule has 1 saturated heterocycles. The van der Waals surface area contributed by atoms with Crippen molar-refractivity contribution in [3.63, 3.8) is 0 Å². The van der Waals surface area contributed by atoms with Gasteiger partial charge in [0.25, 0.3) is 0 Å². The van der Waals surface area contributed by atoms with Crippen LogP contribution in [0.4, 0.5) is 5.69 Å². The molecule has 3 N–H and O–H groups in total. The lowest BCUT2D eigenvalue weighted by atomic mass is 10.3. The third kappa shape index (κ3) is 4.73. The topological polar surface area (TPSA) is 83.0 Å². The van der Waals surface area contributed by atoms with Gasteiger partial charge in [-0.1, -0.05) is 6.92 Å². The van der Waals surface area contributed by atoms with Crippen molar-refractivity contribution in [2.75, 3.05) is 38.5 Å². The van der Waals surface area contributed by atoms with Gasteiger partial charge in [0, 0.05) is 12.1 Å². The quantitative estimate of drug-likeness (QED) is 0.618. The third-order valence-electron chi connectivity index (χ3n) is 3.90. The highest BCUT2D eigenvalue weighted by Gasteiger charge is 2.28. The molecule has 0 saturated carbocycles. The number of carbonyl (C=O) groups excluding carboxylic acids is 1. The van der Waals surface area contributed by atoms with Gasteiger partial charge in [0.15, 0.2) is 5.11 Å². The van der Waals surface area contributed by atoms with Crippen molar-refractivity contribution in [3.8, 4) is 0 Å². The summed E-state index contributed by atoms with van der Waals surface area (Å²) in [7, 11) is -1.40. The Hall–Kier alpha value is -1.55. The van der Waals surface area contributed by atoms with Gasteiger partial charge >= 0.3 is 0 Å². The lowest BCUT2D eigenvalue weighted by molar-refractivity contribution is -0.883. The lowest BCUT2D eigenvalue weighted by Crippen LogP contribution is -3.12. The van der Waals surface area contributed by atoms with Crippen LogP contribution in [0.3, 0.4) is 0 Å². The third-order valence-corrected chi connectivity index (χ3v) is 6.02. The normalized spacial score (nSPS) is 16.6. The second-order valence-corrected chi connectivity index (χ2v) is 8.09. The van der Waals surface area contributed by atoms with Crippen LogP contribution in [-0.2, 0) is 14.8 Å². The molecule has 132 valence electrons. The summed E-state index contributed by atoms with van der Waals surface area (Å²) >= 11 is 5.03. The molecule has 1 aromatic rings. The standard InChI is InChI=1S/C15H22N4O3S2/c1-3-14(20)17-15(23)16-12-4-6-13(7-5-12)24(21,22)19-10-8-18(2)9-11-19/h4-7H,3,8-11H2,1-2H3,(H2,16,17,20,23)/p+1. The van der Waals surface area contributed by atoms with E-state index in [9.17, 15) is 13.2 Å². The fourth-order valence-electron chi connectivity index (χ4n) is 2.34. The van der Waals surface area contributed by atoms with Gasteiger partial charge in [-0.15, -0.1) is 0 Å². The van der Waals surface area contributed by atoms with E-state index in [1.807, 2.05) is 0 Å². The number of sulfonamides is 1. The van der Waals surface area contributed by atoms with Crippen molar-refractivity contribution < 1.29 is 18.1 Å². The van der Waals surface area contributed by atoms with Crippen molar-refractivity contribution in [2.24, 2.45) is 0 Å². The molecular formula is C15H23N4O3S2+. The summed E-state index contributed by atoms with van der Waals surface area (Å²) in [4.78, 5) is 12.9. The number of likely N-dealkylation sites (N-methyl/N-ethyl adjacent to an activating group) is 1. The lowest BCUT2D eigenvalue weighted by Gasteiger charge is -2.29. The first-order valence-electron chi connectivity index (χ1n) is 7.85. The number of hydrogen-bond acceptors (Lipinski definition) is 4. The molecule has 1 heterocycles. The van der Waals surface area contributed by atoms with Crippen LogP contribution in [-0.4, -0.2) is 57.0 Å². The van der Waals surface area contributed by atoms with Gasteiger partial charge in [-0.25, -0.2) is 8.42 Å². The highest BCUT2D eigenvalue weighted by molar-refractivity contribution is 7.89.